The lowest BCUT2D eigenvalue weighted by atomic mass is 9.97. The molecule has 2 atom stereocenters. The quantitative estimate of drug-likeness (QED) is 0.506. The SMILES string of the molecule is CC(C)Cc1ccc([C@H](C)C(=O)O)cc1.NCCCCC(N)C(=O)O. The highest BCUT2D eigenvalue weighted by Gasteiger charge is 2.13. The van der Waals surface area contributed by atoms with Crippen molar-refractivity contribution in [2.45, 2.75) is 58.4 Å². The van der Waals surface area contributed by atoms with E-state index in [2.05, 4.69) is 13.8 Å². The second-order valence-electron chi connectivity index (χ2n) is 6.63. The van der Waals surface area contributed by atoms with Crippen molar-refractivity contribution in [1.82, 2.24) is 0 Å². The largest absolute Gasteiger partial charge is 0.481 e. The molecule has 0 aliphatic carbocycles. The van der Waals surface area contributed by atoms with E-state index in [9.17, 15) is 9.59 Å². The lowest BCUT2D eigenvalue weighted by molar-refractivity contribution is -0.139. The van der Waals surface area contributed by atoms with Crippen LogP contribution < -0.4 is 11.5 Å². The summed E-state index contributed by atoms with van der Waals surface area (Å²) in [6.07, 6.45) is 3.21. The fourth-order valence-corrected chi connectivity index (χ4v) is 2.19. The zero-order chi connectivity index (χ0) is 19.4. The number of hydrogen-bond acceptors (Lipinski definition) is 4. The number of unbranched alkanes of at least 4 members (excludes halogenated alkanes) is 1. The Morgan fingerprint density at radius 2 is 1.56 bits per heavy atom. The first-order valence-corrected chi connectivity index (χ1v) is 8.69. The number of carboxylic acids is 2. The minimum absolute atomic E-state index is 0.418. The fraction of sp³-hybridized carbons (Fsp3) is 0.579. The lowest BCUT2D eigenvalue weighted by Gasteiger charge is -2.09. The average Bonchev–Trinajstić information content (AvgIpc) is 2.55. The third-order valence-electron chi connectivity index (χ3n) is 3.78. The molecule has 0 bridgehead atoms. The average molecular weight is 352 g/mol. The first-order chi connectivity index (χ1) is 11.7. The summed E-state index contributed by atoms with van der Waals surface area (Å²) in [5.41, 5.74) is 12.6. The van der Waals surface area contributed by atoms with Gasteiger partial charge in [0.25, 0.3) is 0 Å². The monoisotopic (exact) mass is 352 g/mol. The van der Waals surface area contributed by atoms with E-state index >= 15 is 0 Å². The van der Waals surface area contributed by atoms with Gasteiger partial charge in [0.1, 0.15) is 6.04 Å². The van der Waals surface area contributed by atoms with E-state index in [-0.39, 0.29) is 0 Å². The van der Waals surface area contributed by atoms with E-state index in [1.807, 2.05) is 24.3 Å². The van der Waals surface area contributed by atoms with Crippen molar-refractivity contribution >= 4 is 11.9 Å². The lowest BCUT2D eigenvalue weighted by Crippen LogP contribution is -2.29. The van der Waals surface area contributed by atoms with Gasteiger partial charge in [-0.1, -0.05) is 44.5 Å². The van der Waals surface area contributed by atoms with Gasteiger partial charge in [-0.2, -0.15) is 0 Å². The van der Waals surface area contributed by atoms with Gasteiger partial charge in [-0.15, -0.1) is 0 Å². The molecule has 0 spiro atoms. The zero-order valence-electron chi connectivity index (χ0n) is 15.4. The standard InChI is InChI=1S/C13H18O2.C6H14N2O2/c1-9(2)8-11-4-6-12(7-5-11)10(3)13(14)15;7-4-2-1-3-5(8)6(9)10/h4-7,9-10H,8H2,1-3H3,(H,14,15);5H,1-4,7-8H2,(H,9,10)/t10-;/m0./s1. The van der Waals surface area contributed by atoms with Crippen LogP contribution in [0.15, 0.2) is 24.3 Å². The third-order valence-corrected chi connectivity index (χ3v) is 3.78. The number of carboxylic acid groups (broad SMARTS) is 2. The summed E-state index contributed by atoms with van der Waals surface area (Å²) < 4.78 is 0. The molecule has 0 saturated carbocycles. The zero-order valence-corrected chi connectivity index (χ0v) is 15.4. The first-order valence-electron chi connectivity index (χ1n) is 8.69. The summed E-state index contributed by atoms with van der Waals surface area (Å²) in [7, 11) is 0. The molecule has 1 aromatic carbocycles. The van der Waals surface area contributed by atoms with Crippen LogP contribution in [0.1, 0.15) is 57.1 Å². The van der Waals surface area contributed by atoms with Gasteiger partial charge in [-0.05, 0) is 49.8 Å². The summed E-state index contributed by atoms with van der Waals surface area (Å²) in [6.45, 7) is 6.66. The Labute approximate surface area is 150 Å². The van der Waals surface area contributed by atoms with E-state index in [1.165, 1.54) is 5.56 Å². The fourth-order valence-electron chi connectivity index (χ4n) is 2.19. The minimum atomic E-state index is -0.933. The van der Waals surface area contributed by atoms with Crippen LogP contribution in [0.2, 0.25) is 0 Å². The molecule has 0 fully saturated rings. The molecule has 1 unspecified atom stereocenters. The van der Waals surface area contributed by atoms with Gasteiger partial charge in [-0.25, -0.2) is 0 Å². The van der Waals surface area contributed by atoms with Crippen molar-refractivity contribution in [2.75, 3.05) is 6.54 Å². The summed E-state index contributed by atoms with van der Waals surface area (Å²) in [5.74, 6) is -1.49. The molecule has 142 valence electrons. The second-order valence-corrected chi connectivity index (χ2v) is 6.63. The molecule has 1 aromatic rings. The molecule has 6 heteroatoms. The maximum Gasteiger partial charge on any atom is 0.320 e. The molecule has 0 heterocycles. The van der Waals surface area contributed by atoms with Crippen molar-refractivity contribution in [3.05, 3.63) is 35.4 Å². The highest BCUT2D eigenvalue weighted by Crippen LogP contribution is 2.17. The van der Waals surface area contributed by atoms with Crippen LogP contribution >= 0.6 is 0 Å². The molecule has 1 rings (SSSR count). The molecule has 0 amide bonds. The predicted molar refractivity (Wildman–Crippen MR) is 99.6 cm³/mol. The summed E-state index contributed by atoms with van der Waals surface area (Å²) in [5, 5.41) is 17.2. The highest BCUT2D eigenvalue weighted by molar-refractivity contribution is 5.75. The van der Waals surface area contributed by atoms with Gasteiger partial charge in [-0.3, -0.25) is 9.59 Å². The predicted octanol–water partition coefficient (Wildman–Crippen LogP) is 2.60. The number of hydrogen-bond donors (Lipinski definition) is 4. The van der Waals surface area contributed by atoms with Gasteiger partial charge in [0.05, 0.1) is 5.92 Å². The number of carbonyl (C=O) groups is 2. The van der Waals surface area contributed by atoms with Crippen molar-refractivity contribution in [3.8, 4) is 0 Å². The normalized spacial score (nSPS) is 12.9. The van der Waals surface area contributed by atoms with Gasteiger partial charge in [0.2, 0.25) is 0 Å². The van der Waals surface area contributed by atoms with Crippen LogP contribution in [0, 0.1) is 5.92 Å². The molecule has 6 N–H and O–H groups in total. The van der Waals surface area contributed by atoms with Crippen LogP contribution in [-0.2, 0) is 16.0 Å². The van der Waals surface area contributed by atoms with Gasteiger partial charge in [0.15, 0.2) is 0 Å². The Bertz CT molecular complexity index is 515. The summed E-state index contributed by atoms with van der Waals surface area (Å²) in [4.78, 5) is 20.9. The smallest absolute Gasteiger partial charge is 0.320 e. The molecule has 0 saturated heterocycles. The molecular formula is C19H32N2O4. The first kappa shape index (κ1) is 23.1. The van der Waals surface area contributed by atoms with E-state index < -0.39 is 23.9 Å². The molecule has 0 radical (unpaired) electrons. The Morgan fingerprint density at radius 1 is 1.00 bits per heavy atom. The van der Waals surface area contributed by atoms with E-state index in [0.29, 0.717) is 18.9 Å². The van der Waals surface area contributed by atoms with E-state index in [4.69, 9.17) is 21.7 Å². The maximum absolute atomic E-state index is 10.8. The Hall–Kier alpha value is -1.92. The highest BCUT2D eigenvalue weighted by atomic mass is 16.4. The van der Waals surface area contributed by atoms with Crippen molar-refractivity contribution in [3.63, 3.8) is 0 Å². The van der Waals surface area contributed by atoms with Gasteiger partial charge >= 0.3 is 11.9 Å². The Kier molecular flexibility index (Phi) is 11.5. The molecule has 0 aromatic heterocycles. The van der Waals surface area contributed by atoms with Crippen molar-refractivity contribution in [2.24, 2.45) is 17.4 Å². The van der Waals surface area contributed by atoms with Crippen LogP contribution in [0.5, 0.6) is 0 Å². The topological polar surface area (TPSA) is 127 Å². The summed E-state index contributed by atoms with van der Waals surface area (Å²) in [6, 6.07) is 7.16. The van der Waals surface area contributed by atoms with Crippen LogP contribution in [-0.4, -0.2) is 34.7 Å². The van der Waals surface area contributed by atoms with Crippen molar-refractivity contribution < 1.29 is 19.8 Å². The molecule has 0 aliphatic rings. The Balaban J connectivity index is 0.000000504. The maximum atomic E-state index is 10.8. The minimum Gasteiger partial charge on any atom is -0.481 e. The molecule has 25 heavy (non-hydrogen) atoms. The molecule has 6 nitrogen and oxygen atoms in total. The third kappa shape index (κ3) is 10.5. The molecular weight excluding hydrogens is 320 g/mol. The number of nitrogens with two attached hydrogens (primary N) is 2. The van der Waals surface area contributed by atoms with Crippen LogP contribution in [0.3, 0.4) is 0 Å². The Morgan fingerprint density at radius 3 is 1.96 bits per heavy atom. The molecule has 0 aliphatic heterocycles. The van der Waals surface area contributed by atoms with Gasteiger partial charge < -0.3 is 21.7 Å². The van der Waals surface area contributed by atoms with Crippen LogP contribution in [0.25, 0.3) is 0 Å². The van der Waals surface area contributed by atoms with Crippen molar-refractivity contribution in [1.29, 1.82) is 0 Å². The van der Waals surface area contributed by atoms with Crippen LogP contribution in [0.4, 0.5) is 0 Å². The number of benzene rings is 1. The van der Waals surface area contributed by atoms with E-state index in [1.54, 1.807) is 6.92 Å². The number of aliphatic carboxylic acids is 2. The number of rotatable bonds is 9. The summed E-state index contributed by atoms with van der Waals surface area (Å²) >= 11 is 0. The van der Waals surface area contributed by atoms with E-state index in [0.717, 1.165) is 24.8 Å². The van der Waals surface area contributed by atoms with Gasteiger partial charge in [0, 0.05) is 0 Å². The second kappa shape index (κ2) is 12.4.